The summed E-state index contributed by atoms with van der Waals surface area (Å²) in [5, 5.41) is 10.3. The maximum absolute atomic E-state index is 11.3. The van der Waals surface area contributed by atoms with Crippen molar-refractivity contribution < 1.29 is 9.53 Å². The predicted molar refractivity (Wildman–Crippen MR) is 89.2 cm³/mol. The zero-order valence-electron chi connectivity index (χ0n) is 13.8. The number of nitrogens with zero attached hydrogens (tertiary/aromatic N) is 2. The fourth-order valence-corrected chi connectivity index (χ4v) is 2.20. The van der Waals surface area contributed by atoms with Gasteiger partial charge in [-0.05, 0) is 26.0 Å². The van der Waals surface area contributed by atoms with Gasteiger partial charge < -0.3 is 15.4 Å². The molecule has 1 aromatic heterocycles. The van der Waals surface area contributed by atoms with Gasteiger partial charge in [-0.3, -0.25) is 9.48 Å². The zero-order valence-corrected chi connectivity index (χ0v) is 13.8. The lowest BCUT2D eigenvalue weighted by Crippen LogP contribution is -2.33. The molecule has 0 aliphatic carbocycles. The minimum absolute atomic E-state index is 0.0206. The molecule has 0 aliphatic heterocycles. The van der Waals surface area contributed by atoms with Gasteiger partial charge in [0.15, 0.2) is 6.61 Å². The van der Waals surface area contributed by atoms with Crippen molar-refractivity contribution in [3.8, 4) is 5.75 Å². The number of aromatic nitrogens is 2. The Bertz CT molecular complexity index is 613. The molecule has 2 atom stereocenters. The first-order valence-corrected chi connectivity index (χ1v) is 7.75. The van der Waals surface area contributed by atoms with Crippen LogP contribution in [0.4, 0.5) is 0 Å². The third-order valence-corrected chi connectivity index (χ3v) is 3.89. The largest absolute Gasteiger partial charge is 0.483 e. The number of hydrogen-bond acceptors (Lipinski definition) is 4. The van der Waals surface area contributed by atoms with E-state index < -0.39 is 0 Å². The van der Waals surface area contributed by atoms with Gasteiger partial charge in [-0.25, -0.2) is 0 Å². The number of carbonyl (C=O) groups is 1. The van der Waals surface area contributed by atoms with Gasteiger partial charge in [0.25, 0.3) is 5.91 Å². The van der Waals surface area contributed by atoms with Crippen molar-refractivity contribution in [1.29, 1.82) is 0 Å². The lowest BCUT2D eigenvalue weighted by Gasteiger charge is -2.22. The summed E-state index contributed by atoms with van der Waals surface area (Å²) in [4.78, 5) is 11.3. The van der Waals surface area contributed by atoms with Crippen molar-refractivity contribution in [1.82, 2.24) is 20.4 Å². The Morgan fingerprint density at radius 3 is 2.78 bits per heavy atom. The van der Waals surface area contributed by atoms with Gasteiger partial charge in [-0.15, -0.1) is 0 Å². The minimum Gasteiger partial charge on any atom is -0.483 e. The molecule has 1 amide bonds. The standard InChI is InChI=1S/C17H24N4O2/c1-13(14(2)21-10-6-9-20-21)19-11-15-7-4-5-8-16(15)23-12-17(22)18-3/h4-10,13-14,19H,11-12H2,1-3H3,(H,18,22)/t13-,14-/m1/s1. The van der Waals surface area contributed by atoms with Crippen LogP contribution in [-0.2, 0) is 11.3 Å². The van der Waals surface area contributed by atoms with Gasteiger partial charge in [-0.2, -0.15) is 5.10 Å². The molecule has 6 heteroatoms. The van der Waals surface area contributed by atoms with Crippen LogP contribution in [0.3, 0.4) is 0 Å². The summed E-state index contributed by atoms with van der Waals surface area (Å²) in [6.45, 7) is 4.93. The number of likely N-dealkylation sites (N-methyl/N-ethyl adjacent to an activating group) is 1. The monoisotopic (exact) mass is 316 g/mol. The molecular weight excluding hydrogens is 292 g/mol. The van der Waals surface area contributed by atoms with E-state index in [9.17, 15) is 4.79 Å². The highest BCUT2D eigenvalue weighted by Crippen LogP contribution is 2.18. The van der Waals surface area contributed by atoms with E-state index in [2.05, 4.69) is 29.6 Å². The minimum atomic E-state index is -0.145. The second-order valence-corrected chi connectivity index (χ2v) is 5.47. The maximum atomic E-state index is 11.3. The van der Waals surface area contributed by atoms with Crippen molar-refractivity contribution in [3.05, 3.63) is 48.3 Å². The highest BCUT2D eigenvalue weighted by molar-refractivity contribution is 5.77. The first-order chi connectivity index (χ1) is 11.1. The first-order valence-electron chi connectivity index (χ1n) is 7.75. The SMILES string of the molecule is CNC(=O)COc1ccccc1CN[C@H](C)[C@@H](C)n1cccn1. The van der Waals surface area contributed by atoms with Crippen molar-refractivity contribution in [2.45, 2.75) is 32.5 Å². The number of para-hydroxylation sites is 1. The Hall–Kier alpha value is -2.34. The van der Waals surface area contributed by atoms with E-state index in [4.69, 9.17) is 4.74 Å². The molecule has 0 unspecified atom stereocenters. The summed E-state index contributed by atoms with van der Waals surface area (Å²) >= 11 is 0. The predicted octanol–water partition coefficient (Wildman–Crippen LogP) is 1.75. The van der Waals surface area contributed by atoms with Gasteiger partial charge in [0.1, 0.15) is 5.75 Å². The molecular formula is C17H24N4O2. The highest BCUT2D eigenvalue weighted by atomic mass is 16.5. The number of ether oxygens (including phenoxy) is 1. The van der Waals surface area contributed by atoms with Crippen molar-refractivity contribution >= 4 is 5.91 Å². The van der Waals surface area contributed by atoms with Crippen LogP contribution in [0.2, 0.25) is 0 Å². The summed E-state index contributed by atoms with van der Waals surface area (Å²) in [5.41, 5.74) is 1.02. The summed E-state index contributed by atoms with van der Waals surface area (Å²) in [7, 11) is 1.59. The van der Waals surface area contributed by atoms with Crippen LogP contribution in [0.25, 0.3) is 0 Å². The third-order valence-electron chi connectivity index (χ3n) is 3.89. The smallest absolute Gasteiger partial charge is 0.257 e. The first kappa shape index (κ1) is 17.0. The molecule has 124 valence electrons. The molecule has 6 nitrogen and oxygen atoms in total. The van der Waals surface area contributed by atoms with Crippen LogP contribution >= 0.6 is 0 Å². The van der Waals surface area contributed by atoms with Crippen LogP contribution < -0.4 is 15.4 Å². The Balaban J connectivity index is 1.93. The summed E-state index contributed by atoms with van der Waals surface area (Å²) < 4.78 is 7.52. The van der Waals surface area contributed by atoms with Gasteiger partial charge in [0, 0.05) is 37.6 Å². The number of amides is 1. The lowest BCUT2D eigenvalue weighted by molar-refractivity contribution is -0.122. The lowest BCUT2D eigenvalue weighted by atomic mass is 10.1. The molecule has 23 heavy (non-hydrogen) atoms. The Labute approximate surface area is 136 Å². The molecule has 0 aliphatic rings. The van der Waals surface area contributed by atoms with Crippen LogP contribution in [0, 0.1) is 0 Å². The second kappa shape index (κ2) is 8.33. The van der Waals surface area contributed by atoms with Crippen molar-refractivity contribution in [2.24, 2.45) is 0 Å². The van der Waals surface area contributed by atoms with Crippen molar-refractivity contribution in [3.63, 3.8) is 0 Å². The Kier molecular flexibility index (Phi) is 6.17. The molecule has 0 radical (unpaired) electrons. The summed E-state index contributed by atoms with van der Waals surface area (Å²) in [6.07, 6.45) is 3.74. The summed E-state index contributed by atoms with van der Waals surface area (Å²) in [6, 6.07) is 10.1. The van der Waals surface area contributed by atoms with E-state index >= 15 is 0 Å². The normalized spacial score (nSPS) is 13.3. The van der Waals surface area contributed by atoms with E-state index in [-0.39, 0.29) is 24.6 Å². The molecule has 2 rings (SSSR count). The van der Waals surface area contributed by atoms with E-state index in [1.165, 1.54) is 0 Å². The van der Waals surface area contributed by atoms with Crippen molar-refractivity contribution in [2.75, 3.05) is 13.7 Å². The van der Waals surface area contributed by atoms with E-state index in [1.54, 1.807) is 13.2 Å². The molecule has 0 saturated carbocycles. The quantitative estimate of drug-likeness (QED) is 0.778. The van der Waals surface area contributed by atoms with Gasteiger partial charge in [0.2, 0.25) is 0 Å². The maximum Gasteiger partial charge on any atom is 0.257 e. The number of benzene rings is 1. The Morgan fingerprint density at radius 1 is 1.30 bits per heavy atom. The van der Waals surface area contributed by atoms with Crippen LogP contribution in [0.15, 0.2) is 42.7 Å². The summed E-state index contributed by atoms with van der Waals surface area (Å²) in [5.74, 6) is 0.580. The average molecular weight is 316 g/mol. The molecule has 0 bridgehead atoms. The molecule has 0 saturated heterocycles. The molecule has 2 aromatic rings. The fraction of sp³-hybridized carbons (Fsp3) is 0.412. The zero-order chi connectivity index (χ0) is 16.7. The second-order valence-electron chi connectivity index (χ2n) is 5.47. The van der Waals surface area contributed by atoms with Crippen LogP contribution in [-0.4, -0.2) is 35.4 Å². The number of carbonyl (C=O) groups excluding carboxylic acids is 1. The fourth-order valence-electron chi connectivity index (χ4n) is 2.20. The van der Waals surface area contributed by atoms with Crippen LogP contribution in [0.5, 0.6) is 5.75 Å². The molecule has 1 heterocycles. The number of rotatable bonds is 8. The topological polar surface area (TPSA) is 68.2 Å². The van der Waals surface area contributed by atoms with Gasteiger partial charge in [-0.1, -0.05) is 18.2 Å². The van der Waals surface area contributed by atoms with E-state index in [0.29, 0.717) is 6.54 Å². The molecule has 1 aromatic carbocycles. The Morgan fingerprint density at radius 2 is 2.09 bits per heavy atom. The highest BCUT2D eigenvalue weighted by Gasteiger charge is 2.14. The average Bonchev–Trinajstić information content (AvgIpc) is 3.12. The number of nitrogens with one attached hydrogen (secondary N) is 2. The van der Waals surface area contributed by atoms with Crippen LogP contribution in [0.1, 0.15) is 25.5 Å². The third kappa shape index (κ3) is 4.82. The van der Waals surface area contributed by atoms with Gasteiger partial charge >= 0.3 is 0 Å². The molecule has 2 N–H and O–H groups in total. The molecule has 0 fully saturated rings. The van der Waals surface area contributed by atoms with E-state index in [1.807, 2.05) is 41.2 Å². The van der Waals surface area contributed by atoms with E-state index in [0.717, 1.165) is 11.3 Å². The molecule has 0 spiro atoms. The van der Waals surface area contributed by atoms with Gasteiger partial charge in [0.05, 0.1) is 6.04 Å². The number of hydrogen-bond donors (Lipinski definition) is 2.